The van der Waals surface area contributed by atoms with Crippen LogP contribution in [0.2, 0.25) is 0 Å². The van der Waals surface area contributed by atoms with Crippen molar-refractivity contribution < 1.29 is 14.6 Å². The van der Waals surface area contributed by atoms with E-state index in [1.54, 1.807) is 20.3 Å². The molecule has 114 valence electrons. The van der Waals surface area contributed by atoms with Crippen molar-refractivity contribution in [2.24, 2.45) is 5.92 Å². The first-order valence-corrected chi connectivity index (χ1v) is 7.09. The highest BCUT2D eigenvalue weighted by Crippen LogP contribution is 2.31. The van der Waals surface area contributed by atoms with E-state index >= 15 is 0 Å². The molecule has 1 aromatic rings. The summed E-state index contributed by atoms with van der Waals surface area (Å²) < 4.78 is 10.3. The first-order valence-electron chi connectivity index (χ1n) is 7.09. The molecule has 0 fully saturated rings. The molecule has 0 aromatic heterocycles. The summed E-state index contributed by atoms with van der Waals surface area (Å²) in [6.07, 6.45) is 0. The minimum atomic E-state index is 0.137. The Bertz CT molecular complexity index is 407. The van der Waals surface area contributed by atoms with Gasteiger partial charge in [0.05, 0.1) is 13.7 Å². The van der Waals surface area contributed by atoms with Gasteiger partial charge in [0, 0.05) is 37.9 Å². The highest BCUT2D eigenvalue weighted by Gasteiger charge is 2.19. The molecular weight excluding hydrogens is 254 g/mol. The van der Waals surface area contributed by atoms with Gasteiger partial charge < -0.3 is 14.6 Å². The summed E-state index contributed by atoms with van der Waals surface area (Å²) >= 11 is 0. The molecule has 0 saturated heterocycles. The molecule has 1 aromatic carbocycles. The lowest BCUT2D eigenvalue weighted by molar-refractivity contribution is 0.114. The third-order valence-electron chi connectivity index (χ3n) is 3.42. The zero-order chi connectivity index (χ0) is 15.1. The summed E-state index contributed by atoms with van der Waals surface area (Å²) in [7, 11) is 3.31. The number of benzene rings is 1. The summed E-state index contributed by atoms with van der Waals surface area (Å²) in [6.45, 7) is 9.01. The Morgan fingerprint density at radius 2 is 1.90 bits per heavy atom. The number of aromatic hydroxyl groups is 1. The summed E-state index contributed by atoms with van der Waals surface area (Å²) in [5.41, 5.74) is 0.919. The molecule has 4 nitrogen and oxygen atoms in total. The van der Waals surface area contributed by atoms with Crippen LogP contribution in [-0.2, 0) is 4.74 Å². The van der Waals surface area contributed by atoms with Crippen molar-refractivity contribution >= 4 is 0 Å². The van der Waals surface area contributed by atoms with Crippen LogP contribution >= 0.6 is 0 Å². The Morgan fingerprint density at radius 1 is 1.20 bits per heavy atom. The lowest BCUT2D eigenvalue weighted by atomic mass is 10.0. The number of phenolic OH excluding ortho intramolecular Hbond substituents is 1. The van der Waals surface area contributed by atoms with Crippen molar-refractivity contribution in [2.75, 3.05) is 33.9 Å². The highest BCUT2D eigenvalue weighted by atomic mass is 16.5. The number of hydrogen-bond donors (Lipinski definition) is 1. The molecule has 1 rings (SSSR count). The topological polar surface area (TPSA) is 41.9 Å². The van der Waals surface area contributed by atoms with Crippen LogP contribution < -0.4 is 4.74 Å². The molecule has 1 atom stereocenters. The van der Waals surface area contributed by atoms with Crippen molar-refractivity contribution in [1.82, 2.24) is 4.90 Å². The summed E-state index contributed by atoms with van der Waals surface area (Å²) in [4.78, 5) is 2.33. The second-order valence-corrected chi connectivity index (χ2v) is 5.48. The molecule has 1 unspecified atom stereocenters. The number of phenols is 1. The van der Waals surface area contributed by atoms with Gasteiger partial charge in [-0.1, -0.05) is 19.9 Å². The van der Waals surface area contributed by atoms with Crippen molar-refractivity contribution in [2.45, 2.75) is 26.8 Å². The quantitative estimate of drug-likeness (QED) is 0.795. The first kappa shape index (κ1) is 16.8. The van der Waals surface area contributed by atoms with Crippen LogP contribution in [0.1, 0.15) is 32.4 Å². The lowest BCUT2D eigenvalue weighted by Crippen LogP contribution is -2.33. The van der Waals surface area contributed by atoms with Crippen molar-refractivity contribution in [3.63, 3.8) is 0 Å². The van der Waals surface area contributed by atoms with Crippen molar-refractivity contribution in [3.8, 4) is 11.5 Å². The lowest BCUT2D eigenvalue weighted by Gasteiger charge is -2.31. The normalized spacial score (nSPS) is 12.9. The molecule has 0 amide bonds. The summed E-state index contributed by atoms with van der Waals surface area (Å²) in [5, 5.41) is 10.2. The zero-order valence-corrected chi connectivity index (χ0v) is 13.2. The average Bonchev–Trinajstić information content (AvgIpc) is 2.42. The molecule has 0 radical (unpaired) electrons. The van der Waals surface area contributed by atoms with Gasteiger partial charge in [0.25, 0.3) is 0 Å². The number of rotatable bonds is 8. The van der Waals surface area contributed by atoms with Gasteiger partial charge in [-0.15, -0.1) is 0 Å². The predicted octanol–water partition coefficient (Wildman–Crippen LogP) is 3.07. The van der Waals surface area contributed by atoms with E-state index in [0.717, 1.165) is 18.7 Å². The third-order valence-corrected chi connectivity index (χ3v) is 3.42. The maximum Gasteiger partial charge on any atom is 0.124 e. The predicted molar refractivity (Wildman–Crippen MR) is 81.4 cm³/mol. The molecule has 4 heteroatoms. The number of hydrogen-bond acceptors (Lipinski definition) is 4. The molecule has 0 heterocycles. The van der Waals surface area contributed by atoms with Crippen LogP contribution in [0.5, 0.6) is 11.5 Å². The number of ether oxygens (including phenoxy) is 2. The molecule has 0 aliphatic heterocycles. The van der Waals surface area contributed by atoms with Gasteiger partial charge in [-0.2, -0.15) is 0 Å². The number of nitrogens with zero attached hydrogens (tertiary/aromatic N) is 1. The van der Waals surface area contributed by atoms with Crippen LogP contribution in [-0.4, -0.2) is 43.9 Å². The average molecular weight is 281 g/mol. The van der Waals surface area contributed by atoms with Crippen molar-refractivity contribution in [3.05, 3.63) is 23.8 Å². The molecule has 0 bridgehead atoms. The minimum absolute atomic E-state index is 0.137. The second-order valence-electron chi connectivity index (χ2n) is 5.48. The molecular formula is C16H27NO3. The fourth-order valence-electron chi connectivity index (χ4n) is 2.32. The molecule has 0 aliphatic rings. The van der Waals surface area contributed by atoms with E-state index in [9.17, 15) is 5.11 Å². The van der Waals surface area contributed by atoms with E-state index in [2.05, 4.69) is 25.7 Å². The Morgan fingerprint density at radius 3 is 2.40 bits per heavy atom. The summed E-state index contributed by atoms with van der Waals surface area (Å²) in [6, 6.07) is 5.61. The van der Waals surface area contributed by atoms with Crippen LogP contribution in [0.25, 0.3) is 0 Å². The standard InChI is InChI=1S/C16H27NO3/c1-12(2)11-17(8-9-19-4)13(3)15-7-6-14(20-5)10-16(15)18/h6-7,10,12-13,18H,8-9,11H2,1-5H3. The Hall–Kier alpha value is -1.26. The van der Waals surface area contributed by atoms with Gasteiger partial charge in [-0.3, -0.25) is 4.90 Å². The maximum atomic E-state index is 10.2. The molecule has 0 aliphatic carbocycles. The Kier molecular flexibility index (Phi) is 6.82. The van der Waals surface area contributed by atoms with Crippen LogP contribution in [0.4, 0.5) is 0 Å². The van der Waals surface area contributed by atoms with E-state index < -0.39 is 0 Å². The van der Waals surface area contributed by atoms with E-state index in [0.29, 0.717) is 18.3 Å². The fraction of sp³-hybridized carbons (Fsp3) is 0.625. The summed E-state index contributed by atoms with van der Waals surface area (Å²) in [5.74, 6) is 1.52. The van der Waals surface area contributed by atoms with Crippen LogP contribution in [0, 0.1) is 5.92 Å². The zero-order valence-electron chi connectivity index (χ0n) is 13.2. The monoisotopic (exact) mass is 281 g/mol. The molecule has 0 spiro atoms. The molecule has 20 heavy (non-hydrogen) atoms. The van der Waals surface area contributed by atoms with Gasteiger partial charge in [0.2, 0.25) is 0 Å². The van der Waals surface area contributed by atoms with Crippen LogP contribution in [0.15, 0.2) is 18.2 Å². The first-order chi connectivity index (χ1) is 9.49. The van der Waals surface area contributed by atoms with E-state index in [-0.39, 0.29) is 11.8 Å². The molecule has 0 saturated carbocycles. The smallest absolute Gasteiger partial charge is 0.124 e. The van der Waals surface area contributed by atoms with Crippen LogP contribution in [0.3, 0.4) is 0 Å². The third kappa shape index (κ3) is 4.69. The maximum absolute atomic E-state index is 10.2. The van der Waals surface area contributed by atoms with E-state index in [1.165, 1.54) is 0 Å². The van der Waals surface area contributed by atoms with E-state index in [1.807, 2.05) is 12.1 Å². The van der Waals surface area contributed by atoms with Gasteiger partial charge in [-0.25, -0.2) is 0 Å². The number of methoxy groups -OCH3 is 2. The molecule has 1 N–H and O–H groups in total. The fourth-order valence-corrected chi connectivity index (χ4v) is 2.32. The Balaban J connectivity index is 2.89. The van der Waals surface area contributed by atoms with Gasteiger partial charge in [0.15, 0.2) is 0 Å². The largest absolute Gasteiger partial charge is 0.507 e. The van der Waals surface area contributed by atoms with Gasteiger partial charge in [0.1, 0.15) is 11.5 Å². The van der Waals surface area contributed by atoms with Gasteiger partial charge in [-0.05, 0) is 18.9 Å². The highest BCUT2D eigenvalue weighted by molar-refractivity contribution is 5.41. The minimum Gasteiger partial charge on any atom is -0.507 e. The second kappa shape index (κ2) is 8.12. The Labute approximate surface area is 122 Å². The van der Waals surface area contributed by atoms with Crippen molar-refractivity contribution in [1.29, 1.82) is 0 Å². The SMILES string of the molecule is COCCN(CC(C)C)C(C)c1ccc(OC)cc1O. The van der Waals surface area contributed by atoms with E-state index in [4.69, 9.17) is 9.47 Å². The van der Waals surface area contributed by atoms with Gasteiger partial charge >= 0.3 is 0 Å².